The Morgan fingerprint density at radius 3 is 2.55 bits per heavy atom. The molecule has 2 heterocycles. The van der Waals surface area contributed by atoms with Gasteiger partial charge in [-0.1, -0.05) is 12.5 Å². The zero-order chi connectivity index (χ0) is 22.0. The Labute approximate surface area is 182 Å². The molecule has 0 spiro atoms. The molecule has 1 fully saturated rings. The first-order chi connectivity index (χ1) is 14.8. The molecule has 1 saturated heterocycles. The van der Waals surface area contributed by atoms with E-state index in [1.54, 1.807) is 5.38 Å². The summed E-state index contributed by atoms with van der Waals surface area (Å²) in [6.07, 6.45) is 2.66. The van der Waals surface area contributed by atoms with Crippen molar-refractivity contribution in [2.24, 2.45) is 0 Å². The van der Waals surface area contributed by atoms with Crippen LogP contribution in [-0.2, 0) is 10.0 Å². The molecule has 0 radical (unpaired) electrons. The number of aromatic nitrogens is 1. The maximum atomic E-state index is 13.5. The number of thiazole rings is 1. The summed E-state index contributed by atoms with van der Waals surface area (Å²) in [7, 11) is -3.66. The quantitative estimate of drug-likeness (QED) is 0.604. The molecule has 0 unspecified atom stereocenters. The summed E-state index contributed by atoms with van der Waals surface area (Å²) in [5, 5.41) is 4.49. The number of piperidine rings is 1. The first kappa shape index (κ1) is 21.5. The number of anilines is 1. The van der Waals surface area contributed by atoms with Crippen LogP contribution in [0.2, 0.25) is 0 Å². The number of amides is 1. The van der Waals surface area contributed by atoms with Gasteiger partial charge < -0.3 is 0 Å². The zero-order valence-corrected chi connectivity index (χ0v) is 18.0. The predicted octanol–water partition coefficient (Wildman–Crippen LogP) is 4.52. The molecule has 1 amide bonds. The minimum Gasteiger partial charge on any atom is -0.298 e. The van der Waals surface area contributed by atoms with Crippen LogP contribution < -0.4 is 5.32 Å². The monoisotopic (exact) mass is 463 g/mol. The molecule has 1 aliphatic heterocycles. The Morgan fingerprint density at radius 1 is 1.03 bits per heavy atom. The van der Waals surface area contributed by atoms with Crippen molar-refractivity contribution < 1.29 is 22.0 Å². The standard InChI is InChI=1S/C21H19F2N3O3S2/c22-17-8-7-14(12-18(17)23)19-13-30-21(24-19)25-20(27)15-5-4-6-16(11-15)31(28,29)26-9-2-1-3-10-26/h4-8,11-13H,1-3,9-10H2,(H,24,25,27). The van der Waals surface area contributed by atoms with Gasteiger partial charge in [-0.15, -0.1) is 11.3 Å². The summed E-state index contributed by atoms with van der Waals surface area (Å²) in [6.45, 7) is 0.954. The molecule has 0 atom stereocenters. The number of carbonyl (C=O) groups excluding carboxylic acids is 1. The highest BCUT2D eigenvalue weighted by Gasteiger charge is 2.26. The predicted molar refractivity (Wildman–Crippen MR) is 114 cm³/mol. The van der Waals surface area contributed by atoms with Gasteiger partial charge in [0, 0.05) is 29.6 Å². The van der Waals surface area contributed by atoms with Crippen molar-refractivity contribution in [2.75, 3.05) is 18.4 Å². The van der Waals surface area contributed by atoms with Gasteiger partial charge in [0.25, 0.3) is 5.91 Å². The Morgan fingerprint density at radius 2 is 1.81 bits per heavy atom. The van der Waals surface area contributed by atoms with E-state index in [4.69, 9.17) is 0 Å². The second kappa shape index (κ2) is 8.81. The van der Waals surface area contributed by atoms with Crippen LogP contribution in [0.1, 0.15) is 29.6 Å². The molecule has 1 N–H and O–H groups in total. The number of carbonyl (C=O) groups is 1. The largest absolute Gasteiger partial charge is 0.298 e. The first-order valence-electron chi connectivity index (χ1n) is 9.67. The van der Waals surface area contributed by atoms with Crippen molar-refractivity contribution in [3.63, 3.8) is 0 Å². The van der Waals surface area contributed by atoms with Crippen LogP contribution in [-0.4, -0.2) is 36.7 Å². The maximum Gasteiger partial charge on any atom is 0.257 e. The number of rotatable bonds is 5. The highest BCUT2D eigenvalue weighted by Crippen LogP contribution is 2.27. The van der Waals surface area contributed by atoms with E-state index in [9.17, 15) is 22.0 Å². The second-order valence-electron chi connectivity index (χ2n) is 7.11. The number of nitrogens with zero attached hydrogens (tertiary/aromatic N) is 2. The average molecular weight is 464 g/mol. The zero-order valence-electron chi connectivity index (χ0n) is 16.3. The molecule has 0 saturated carbocycles. The Kier molecular flexibility index (Phi) is 6.12. The third kappa shape index (κ3) is 4.65. The van der Waals surface area contributed by atoms with Gasteiger partial charge >= 0.3 is 0 Å². The van der Waals surface area contributed by atoms with E-state index in [0.717, 1.165) is 42.7 Å². The summed E-state index contributed by atoms with van der Waals surface area (Å²) in [5.74, 6) is -2.45. The van der Waals surface area contributed by atoms with Crippen LogP contribution in [0.3, 0.4) is 0 Å². The molecule has 162 valence electrons. The maximum absolute atomic E-state index is 13.5. The molecule has 10 heteroatoms. The van der Waals surface area contributed by atoms with E-state index in [1.165, 1.54) is 34.6 Å². The van der Waals surface area contributed by atoms with E-state index >= 15 is 0 Å². The SMILES string of the molecule is O=C(Nc1nc(-c2ccc(F)c(F)c2)cs1)c1cccc(S(=O)(=O)N2CCCCC2)c1. The molecule has 0 bridgehead atoms. The van der Waals surface area contributed by atoms with Crippen LogP contribution in [0.15, 0.2) is 52.7 Å². The third-order valence-corrected chi connectivity index (χ3v) is 7.64. The molecule has 1 aliphatic rings. The van der Waals surface area contributed by atoms with Gasteiger partial charge in [0.1, 0.15) is 0 Å². The average Bonchev–Trinajstić information content (AvgIpc) is 3.25. The number of halogens is 2. The summed E-state index contributed by atoms with van der Waals surface area (Å²) >= 11 is 1.12. The summed E-state index contributed by atoms with van der Waals surface area (Å²) in [4.78, 5) is 17.0. The molecule has 3 aromatic rings. The van der Waals surface area contributed by atoms with Gasteiger partial charge in [0.2, 0.25) is 10.0 Å². The lowest BCUT2D eigenvalue weighted by Gasteiger charge is -2.26. The fourth-order valence-electron chi connectivity index (χ4n) is 3.34. The van der Waals surface area contributed by atoms with Crippen LogP contribution in [0, 0.1) is 11.6 Å². The van der Waals surface area contributed by atoms with Gasteiger partial charge in [-0.25, -0.2) is 22.2 Å². The summed E-state index contributed by atoms with van der Waals surface area (Å²) in [6, 6.07) is 9.32. The van der Waals surface area contributed by atoms with E-state index in [-0.39, 0.29) is 15.6 Å². The molecular formula is C21H19F2N3O3S2. The molecule has 31 heavy (non-hydrogen) atoms. The number of sulfonamides is 1. The van der Waals surface area contributed by atoms with E-state index in [1.807, 2.05) is 0 Å². The minimum absolute atomic E-state index is 0.0728. The fourth-order valence-corrected chi connectivity index (χ4v) is 5.62. The van der Waals surface area contributed by atoms with E-state index in [0.29, 0.717) is 24.3 Å². The number of benzene rings is 2. The van der Waals surface area contributed by atoms with Crippen molar-refractivity contribution in [1.29, 1.82) is 0 Å². The van der Waals surface area contributed by atoms with Gasteiger partial charge in [-0.3, -0.25) is 10.1 Å². The van der Waals surface area contributed by atoms with E-state index in [2.05, 4.69) is 10.3 Å². The van der Waals surface area contributed by atoms with E-state index < -0.39 is 27.6 Å². The van der Waals surface area contributed by atoms with Crippen LogP contribution in [0.4, 0.5) is 13.9 Å². The van der Waals surface area contributed by atoms with Gasteiger partial charge in [-0.05, 0) is 49.2 Å². The summed E-state index contributed by atoms with van der Waals surface area (Å²) < 4.78 is 53.7. The normalized spacial score (nSPS) is 15.0. The highest BCUT2D eigenvalue weighted by atomic mass is 32.2. The lowest BCUT2D eigenvalue weighted by Crippen LogP contribution is -2.35. The fraction of sp³-hybridized carbons (Fsp3) is 0.238. The Balaban J connectivity index is 1.51. The van der Waals surface area contributed by atoms with Crippen molar-refractivity contribution in [3.05, 3.63) is 65.0 Å². The highest BCUT2D eigenvalue weighted by molar-refractivity contribution is 7.89. The smallest absolute Gasteiger partial charge is 0.257 e. The topological polar surface area (TPSA) is 79.4 Å². The molecular weight excluding hydrogens is 444 g/mol. The van der Waals surface area contributed by atoms with Gasteiger partial charge in [-0.2, -0.15) is 4.31 Å². The Bertz CT molecular complexity index is 1220. The van der Waals surface area contributed by atoms with Gasteiger partial charge in [0.15, 0.2) is 16.8 Å². The summed E-state index contributed by atoms with van der Waals surface area (Å²) in [5.41, 5.74) is 0.952. The number of hydrogen-bond acceptors (Lipinski definition) is 5. The molecule has 6 nitrogen and oxygen atoms in total. The van der Waals surface area contributed by atoms with Crippen LogP contribution in [0.5, 0.6) is 0 Å². The number of hydrogen-bond donors (Lipinski definition) is 1. The lowest BCUT2D eigenvalue weighted by molar-refractivity contribution is 0.102. The van der Waals surface area contributed by atoms with Crippen molar-refractivity contribution in [3.8, 4) is 11.3 Å². The Hall–Kier alpha value is -2.69. The van der Waals surface area contributed by atoms with Crippen LogP contribution >= 0.6 is 11.3 Å². The van der Waals surface area contributed by atoms with Crippen molar-refractivity contribution in [1.82, 2.24) is 9.29 Å². The second-order valence-corrected chi connectivity index (χ2v) is 9.91. The first-order valence-corrected chi connectivity index (χ1v) is 12.0. The molecule has 4 rings (SSSR count). The van der Waals surface area contributed by atoms with Crippen molar-refractivity contribution in [2.45, 2.75) is 24.2 Å². The lowest BCUT2D eigenvalue weighted by atomic mass is 10.2. The van der Waals surface area contributed by atoms with Crippen molar-refractivity contribution >= 4 is 32.4 Å². The minimum atomic E-state index is -3.66. The third-order valence-electron chi connectivity index (χ3n) is 4.99. The molecule has 2 aromatic carbocycles. The molecule has 0 aliphatic carbocycles. The van der Waals surface area contributed by atoms with Gasteiger partial charge in [0.05, 0.1) is 10.6 Å². The number of nitrogens with one attached hydrogen (secondary N) is 1. The van der Waals surface area contributed by atoms with Crippen LogP contribution in [0.25, 0.3) is 11.3 Å². The molecule has 1 aromatic heterocycles.